The number of piperazine rings is 1. The Balaban J connectivity index is 1.47. The van der Waals surface area contributed by atoms with E-state index in [9.17, 15) is 13.2 Å². The number of hydrogen-bond acceptors (Lipinski definition) is 3. The van der Waals surface area contributed by atoms with Crippen LogP contribution in [0.4, 0.5) is 0 Å². The Labute approximate surface area is 179 Å². The third-order valence-corrected chi connectivity index (χ3v) is 7.76. The van der Waals surface area contributed by atoms with Crippen LogP contribution in [-0.4, -0.2) is 56.9 Å². The second-order valence-corrected chi connectivity index (χ2v) is 9.97. The van der Waals surface area contributed by atoms with E-state index in [1.54, 1.807) is 24.3 Å². The molecule has 0 spiro atoms. The molecule has 0 radical (unpaired) electrons. The second kappa shape index (κ2) is 10.2. The van der Waals surface area contributed by atoms with Crippen LogP contribution in [0, 0.1) is 0 Å². The highest BCUT2D eigenvalue weighted by Gasteiger charge is 2.34. The molecule has 30 heavy (non-hydrogen) atoms. The van der Waals surface area contributed by atoms with E-state index < -0.39 is 10.0 Å². The van der Waals surface area contributed by atoms with E-state index in [0.717, 1.165) is 17.7 Å². The summed E-state index contributed by atoms with van der Waals surface area (Å²) >= 11 is 0. The van der Waals surface area contributed by atoms with Crippen LogP contribution in [0.1, 0.15) is 25.8 Å². The van der Waals surface area contributed by atoms with Gasteiger partial charge in [-0.1, -0.05) is 48.5 Å². The first-order valence-electron chi connectivity index (χ1n) is 10.6. The first-order valence-corrected chi connectivity index (χ1v) is 12.1. The van der Waals surface area contributed by atoms with Gasteiger partial charge in [-0.3, -0.25) is 4.79 Å². The molecule has 0 aliphatic carbocycles. The summed E-state index contributed by atoms with van der Waals surface area (Å²) in [5.41, 5.74) is 1.27. The van der Waals surface area contributed by atoms with Gasteiger partial charge in [-0.05, 0) is 44.4 Å². The fraction of sp³-hybridized carbons (Fsp3) is 0.435. The SMILES string of the molecule is C[C@H](CCc1ccccc1)NC(=O)[C@@H](C)[NH+]1CCN(S(=O)(=O)c2ccccc2)CC1. The summed E-state index contributed by atoms with van der Waals surface area (Å²) in [4.78, 5) is 14.2. The van der Waals surface area contributed by atoms with Gasteiger partial charge in [-0.15, -0.1) is 0 Å². The molecule has 1 saturated heterocycles. The van der Waals surface area contributed by atoms with Crippen molar-refractivity contribution in [2.24, 2.45) is 0 Å². The molecule has 3 rings (SSSR count). The number of sulfonamides is 1. The van der Waals surface area contributed by atoms with Gasteiger partial charge in [0.2, 0.25) is 10.0 Å². The van der Waals surface area contributed by atoms with E-state index in [2.05, 4.69) is 17.4 Å². The fourth-order valence-electron chi connectivity index (χ4n) is 3.84. The Kier molecular flexibility index (Phi) is 7.64. The molecule has 7 heteroatoms. The van der Waals surface area contributed by atoms with Gasteiger partial charge in [0.1, 0.15) is 0 Å². The van der Waals surface area contributed by atoms with Crippen molar-refractivity contribution in [3.8, 4) is 0 Å². The van der Waals surface area contributed by atoms with E-state index in [1.807, 2.05) is 38.1 Å². The number of carbonyl (C=O) groups excluding carboxylic acids is 1. The van der Waals surface area contributed by atoms with Gasteiger partial charge in [-0.25, -0.2) is 8.42 Å². The summed E-state index contributed by atoms with van der Waals surface area (Å²) in [7, 11) is -3.46. The number of quaternary nitrogens is 1. The van der Waals surface area contributed by atoms with Gasteiger partial charge >= 0.3 is 0 Å². The van der Waals surface area contributed by atoms with Gasteiger partial charge in [0, 0.05) is 6.04 Å². The monoisotopic (exact) mass is 430 g/mol. The molecular weight excluding hydrogens is 398 g/mol. The first kappa shape index (κ1) is 22.5. The van der Waals surface area contributed by atoms with E-state index >= 15 is 0 Å². The number of amides is 1. The zero-order valence-electron chi connectivity index (χ0n) is 17.8. The average molecular weight is 431 g/mol. The number of nitrogens with one attached hydrogen (secondary N) is 2. The normalized spacial score (nSPS) is 17.9. The van der Waals surface area contributed by atoms with E-state index in [1.165, 1.54) is 9.87 Å². The molecule has 2 aromatic carbocycles. The third-order valence-electron chi connectivity index (χ3n) is 5.85. The van der Waals surface area contributed by atoms with Gasteiger partial charge in [0.25, 0.3) is 5.91 Å². The van der Waals surface area contributed by atoms with Crippen LogP contribution in [0.5, 0.6) is 0 Å². The minimum Gasteiger partial charge on any atom is -0.348 e. The largest absolute Gasteiger partial charge is 0.348 e. The molecule has 2 aromatic rings. The Hall–Kier alpha value is -2.22. The topological polar surface area (TPSA) is 70.9 Å². The lowest BCUT2D eigenvalue weighted by molar-refractivity contribution is -0.917. The van der Waals surface area contributed by atoms with E-state index in [4.69, 9.17) is 0 Å². The van der Waals surface area contributed by atoms with Crippen molar-refractivity contribution >= 4 is 15.9 Å². The summed E-state index contributed by atoms with van der Waals surface area (Å²) in [5.74, 6) is 0.0323. The molecule has 2 N–H and O–H groups in total. The molecule has 0 bridgehead atoms. The molecule has 0 saturated carbocycles. The highest BCUT2D eigenvalue weighted by atomic mass is 32.2. The van der Waals surface area contributed by atoms with Crippen molar-refractivity contribution in [2.75, 3.05) is 26.2 Å². The summed E-state index contributed by atoms with van der Waals surface area (Å²) in [5, 5.41) is 3.12. The Morgan fingerprint density at radius 2 is 1.57 bits per heavy atom. The van der Waals surface area contributed by atoms with Gasteiger partial charge in [-0.2, -0.15) is 4.31 Å². The number of carbonyl (C=O) groups is 1. The fourth-order valence-corrected chi connectivity index (χ4v) is 5.30. The molecule has 1 aliphatic heterocycles. The van der Waals surface area contributed by atoms with Crippen molar-refractivity contribution in [1.29, 1.82) is 0 Å². The molecule has 6 nitrogen and oxygen atoms in total. The average Bonchev–Trinajstić information content (AvgIpc) is 2.78. The molecule has 162 valence electrons. The number of rotatable bonds is 8. The Morgan fingerprint density at radius 3 is 2.17 bits per heavy atom. The molecule has 1 heterocycles. The predicted octanol–water partition coefficient (Wildman–Crippen LogP) is 1.10. The van der Waals surface area contributed by atoms with Crippen LogP contribution in [0.15, 0.2) is 65.6 Å². The van der Waals surface area contributed by atoms with Crippen molar-refractivity contribution in [1.82, 2.24) is 9.62 Å². The van der Waals surface area contributed by atoms with Crippen molar-refractivity contribution in [3.63, 3.8) is 0 Å². The maximum Gasteiger partial charge on any atom is 0.278 e. The van der Waals surface area contributed by atoms with Crippen molar-refractivity contribution in [2.45, 2.75) is 43.7 Å². The summed E-state index contributed by atoms with van der Waals surface area (Å²) in [6.45, 7) is 6.06. The smallest absolute Gasteiger partial charge is 0.278 e. The molecule has 1 fully saturated rings. The third kappa shape index (κ3) is 5.68. The maximum atomic E-state index is 12.8. The molecule has 0 aromatic heterocycles. The van der Waals surface area contributed by atoms with Crippen LogP contribution in [0.25, 0.3) is 0 Å². The number of hydrogen-bond donors (Lipinski definition) is 2. The van der Waals surface area contributed by atoms with Gasteiger partial charge < -0.3 is 10.2 Å². The maximum absolute atomic E-state index is 12.8. The highest BCUT2D eigenvalue weighted by Crippen LogP contribution is 2.14. The highest BCUT2D eigenvalue weighted by molar-refractivity contribution is 7.89. The van der Waals surface area contributed by atoms with Crippen LogP contribution >= 0.6 is 0 Å². The first-order chi connectivity index (χ1) is 14.4. The minimum atomic E-state index is -3.46. The van der Waals surface area contributed by atoms with Crippen molar-refractivity contribution in [3.05, 3.63) is 66.2 Å². The summed E-state index contributed by atoms with van der Waals surface area (Å²) in [6.07, 6.45) is 1.82. The Morgan fingerprint density at radius 1 is 1.00 bits per heavy atom. The predicted molar refractivity (Wildman–Crippen MR) is 118 cm³/mol. The lowest BCUT2D eigenvalue weighted by atomic mass is 10.1. The summed E-state index contributed by atoms with van der Waals surface area (Å²) < 4.78 is 27.1. The molecular formula is C23H32N3O3S+. The number of nitrogens with zero attached hydrogens (tertiary/aromatic N) is 1. The van der Waals surface area contributed by atoms with Crippen LogP contribution in [0.2, 0.25) is 0 Å². The Bertz CT molecular complexity index is 911. The molecule has 1 amide bonds. The number of aryl methyl sites for hydroxylation is 1. The lowest BCUT2D eigenvalue weighted by Crippen LogP contribution is -3.19. The van der Waals surface area contributed by atoms with Gasteiger partial charge in [0.15, 0.2) is 6.04 Å². The zero-order valence-corrected chi connectivity index (χ0v) is 18.6. The van der Waals surface area contributed by atoms with Gasteiger partial charge in [0.05, 0.1) is 31.1 Å². The van der Waals surface area contributed by atoms with Crippen LogP contribution in [-0.2, 0) is 21.2 Å². The molecule has 0 unspecified atom stereocenters. The molecule has 1 aliphatic rings. The quantitative estimate of drug-likeness (QED) is 0.659. The zero-order chi connectivity index (χ0) is 21.6. The summed E-state index contributed by atoms with van der Waals surface area (Å²) in [6, 6.07) is 18.7. The number of benzene rings is 2. The molecule has 2 atom stereocenters. The van der Waals surface area contributed by atoms with Crippen molar-refractivity contribution < 1.29 is 18.1 Å². The second-order valence-electron chi connectivity index (χ2n) is 8.03. The lowest BCUT2D eigenvalue weighted by Gasteiger charge is -2.34. The van der Waals surface area contributed by atoms with E-state index in [0.29, 0.717) is 31.1 Å². The minimum absolute atomic E-state index is 0.0323. The van der Waals surface area contributed by atoms with Crippen LogP contribution < -0.4 is 10.2 Å². The van der Waals surface area contributed by atoms with Crippen LogP contribution in [0.3, 0.4) is 0 Å². The standard InChI is InChI=1S/C23H31N3O3S/c1-19(13-14-21-9-5-3-6-10-21)24-23(27)20(2)25-15-17-26(18-16-25)30(28,29)22-11-7-4-8-12-22/h3-12,19-20H,13-18H2,1-2H3,(H,24,27)/p+1/t19-,20-/m1/s1. The van der Waals surface area contributed by atoms with E-state index in [-0.39, 0.29) is 18.0 Å².